The topological polar surface area (TPSA) is 83.7 Å². The van der Waals surface area contributed by atoms with Crippen LogP contribution in [-0.2, 0) is 0 Å². The molecule has 0 spiro atoms. The maximum atomic E-state index is 5.82. The van der Waals surface area contributed by atoms with Gasteiger partial charge in [-0.1, -0.05) is 27.7 Å². The van der Waals surface area contributed by atoms with E-state index in [1.807, 2.05) is 0 Å². The molecule has 3 rings (SSSR count). The molecule has 0 aliphatic carbocycles. The van der Waals surface area contributed by atoms with Crippen molar-refractivity contribution in [2.75, 3.05) is 23.7 Å². The molecule has 1 aliphatic heterocycles. The minimum Gasteiger partial charge on any atom is -0.368 e. The molecule has 2 aromatic heterocycles. The van der Waals surface area contributed by atoms with Crippen molar-refractivity contribution in [1.82, 2.24) is 20.2 Å². The number of nitrogens with one attached hydrogen (secondary N) is 1. The summed E-state index contributed by atoms with van der Waals surface area (Å²) in [5.74, 6) is 1.61. The van der Waals surface area contributed by atoms with Crippen LogP contribution >= 0.6 is 0 Å². The molecule has 3 heterocycles. The lowest BCUT2D eigenvalue weighted by molar-refractivity contribution is 0.347. The number of rotatable bonds is 3. The summed E-state index contributed by atoms with van der Waals surface area (Å²) in [5, 5.41) is 8.40. The Bertz CT molecular complexity index is 644. The highest BCUT2D eigenvalue weighted by atomic mass is 15.3. The Labute approximate surface area is 118 Å². The van der Waals surface area contributed by atoms with Gasteiger partial charge in [0.25, 0.3) is 0 Å². The third-order valence-electron chi connectivity index (χ3n) is 4.30. The van der Waals surface area contributed by atoms with Gasteiger partial charge in [0.2, 0.25) is 5.95 Å². The van der Waals surface area contributed by atoms with E-state index in [9.17, 15) is 0 Å². The molecule has 20 heavy (non-hydrogen) atoms. The van der Waals surface area contributed by atoms with Gasteiger partial charge in [-0.15, -0.1) is 0 Å². The predicted octanol–water partition coefficient (Wildman–Crippen LogP) is 2.29. The highest BCUT2D eigenvalue weighted by molar-refractivity contribution is 5.92. The van der Waals surface area contributed by atoms with Gasteiger partial charge in [-0.2, -0.15) is 15.1 Å². The van der Waals surface area contributed by atoms with E-state index in [4.69, 9.17) is 5.73 Å². The van der Waals surface area contributed by atoms with E-state index in [2.05, 4.69) is 52.8 Å². The summed E-state index contributed by atoms with van der Waals surface area (Å²) in [6.45, 7) is 10.9. The molecule has 3 N–H and O–H groups in total. The molecule has 108 valence electrons. The molecular weight excluding hydrogens is 252 g/mol. The van der Waals surface area contributed by atoms with E-state index in [-0.39, 0.29) is 5.41 Å². The van der Waals surface area contributed by atoms with Crippen molar-refractivity contribution >= 4 is 22.8 Å². The van der Waals surface area contributed by atoms with Crippen LogP contribution in [0.1, 0.15) is 45.7 Å². The number of hydrogen-bond acceptors (Lipinski definition) is 5. The van der Waals surface area contributed by atoms with Crippen LogP contribution in [0.15, 0.2) is 0 Å². The number of nitrogens with zero attached hydrogens (tertiary/aromatic N) is 4. The van der Waals surface area contributed by atoms with Gasteiger partial charge in [0.1, 0.15) is 5.82 Å². The lowest BCUT2D eigenvalue weighted by Crippen LogP contribution is -2.39. The van der Waals surface area contributed by atoms with Gasteiger partial charge in [-0.05, 0) is 11.8 Å². The molecule has 0 saturated heterocycles. The van der Waals surface area contributed by atoms with Crippen LogP contribution in [-0.4, -0.2) is 33.3 Å². The van der Waals surface area contributed by atoms with Crippen molar-refractivity contribution in [1.29, 1.82) is 0 Å². The maximum Gasteiger partial charge on any atom is 0.224 e. The van der Waals surface area contributed by atoms with Gasteiger partial charge >= 0.3 is 0 Å². The van der Waals surface area contributed by atoms with E-state index in [0.29, 0.717) is 17.5 Å². The fourth-order valence-corrected chi connectivity index (χ4v) is 2.81. The molecule has 0 aromatic carbocycles. The molecule has 1 atom stereocenters. The molecule has 6 heteroatoms. The predicted molar refractivity (Wildman–Crippen MR) is 80.8 cm³/mol. The van der Waals surface area contributed by atoms with Crippen LogP contribution in [0.3, 0.4) is 0 Å². The Morgan fingerprint density at radius 2 is 2.15 bits per heavy atom. The second-order valence-corrected chi connectivity index (χ2v) is 6.54. The minimum absolute atomic E-state index is 0.243. The van der Waals surface area contributed by atoms with Gasteiger partial charge < -0.3 is 10.6 Å². The average molecular weight is 274 g/mol. The molecule has 1 unspecified atom stereocenters. The van der Waals surface area contributed by atoms with Crippen LogP contribution in [0.2, 0.25) is 0 Å². The van der Waals surface area contributed by atoms with E-state index in [1.54, 1.807) is 0 Å². The van der Waals surface area contributed by atoms with E-state index < -0.39 is 0 Å². The van der Waals surface area contributed by atoms with Crippen molar-refractivity contribution in [2.45, 2.75) is 40.0 Å². The molecule has 0 bridgehead atoms. The van der Waals surface area contributed by atoms with Gasteiger partial charge in [-0.3, -0.25) is 5.10 Å². The van der Waals surface area contributed by atoms with E-state index in [1.165, 1.54) is 0 Å². The third kappa shape index (κ3) is 1.99. The zero-order valence-electron chi connectivity index (χ0n) is 12.6. The van der Waals surface area contributed by atoms with Crippen LogP contribution < -0.4 is 10.6 Å². The standard InChI is InChI=1S/C14H22N6/c1-5-14(3,4)7-20-6-8(2)10-9-11(19-18-10)16-13(15)17-12(9)20/h8H,5-7H2,1-4H3,(H3,15,16,17,18,19). The number of hydrogen-bond donors (Lipinski definition) is 2. The Morgan fingerprint density at radius 1 is 1.40 bits per heavy atom. The first-order chi connectivity index (χ1) is 9.41. The van der Waals surface area contributed by atoms with Gasteiger partial charge in [0.15, 0.2) is 5.65 Å². The monoisotopic (exact) mass is 274 g/mol. The summed E-state index contributed by atoms with van der Waals surface area (Å²) >= 11 is 0. The maximum absolute atomic E-state index is 5.82. The summed E-state index contributed by atoms with van der Waals surface area (Å²) in [6.07, 6.45) is 1.12. The number of aromatic amines is 1. The number of aromatic nitrogens is 4. The SMILES string of the molecule is CCC(C)(C)CN1CC(C)c2[nH]nc3nc(N)nc1c23. The van der Waals surface area contributed by atoms with Crippen molar-refractivity contribution in [2.24, 2.45) is 5.41 Å². The largest absolute Gasteiger partial charge is 0.368 e. The fraction of sp³-hybridized carbons (Fsp3) is 0.643. The second-order valence-electron chi connectivity index (χ2n) is 6.54. The molecule has 0 fully saturated rings. The molecule has 0 amide bonds. The summed E-state index contributed by atoms with van der Waals surface area (Å²) in [5.41, 5.74) is 7.87. The fourth-order valence-electron chi connectivity index (χ4n) is 2.81. The highest BCUT2D eigenvalue weighted by Gasteiger charge is 2.31. The first-order valence-electron chi connectivity index (χ1n) is 7.17. The van der Waals surface area contributed by atoms with Gasteiger partial charge in [-0.25, -0.2) is 0 Å². The number of nitrogens with two attached hydrogens (primary N) is 1. The molecule has 0 saturated carbocycles. The van der Waals surface area contributed by atoms with Crippen molar-refractivity contribution < 1.29 is 0 Å². The number of H-pyrrole nitrogens is 1. The average Bonchev–Trinajstić information content (AvgIpc) is 2.79. The van der Waals surface area contributed by atoms with Gasteiger partial charge in [0.05, 0.1) is 11.1 Å². The zero-order valence-corrected chi connectivity index (χ0v) is 12.6. The Hall–Kier alpha value is -1.85. The second kappa shape index (κ2) is 4.33. The van der Waals surface area contributed by atoms with Crippen LogP contribution in [0.25, 0.3) is 11.0 Å². The Balaban J connectivity index is 2.12. The lowest BCUT2D eigenvalue weighted by Gasteiger charge is -2.37. The van der Waals surface area contributed by atoms with E-state index >= 15 is 0 Å². The highest BCUT2D eigenvalue weighted by Crippen LogP contribution is 2.38. The Morgan fingerprint density at radius 3 is 2.85 bits per heavy atom. The summed E-state index contributed by atoms with van der Waals surface area (Å²) in [6, 6.07) is 0. The van der Waals surface area contributed by atoms with Crippen LogP contribution in [0.5, 0.6) is 0 Å². The lowest BCUT2D eigenvalue weighted by atomic mass is 9.88. The van der Waals surface area contributed by atoms with Crippen LogP contribution in [0, 0.1) is 5.41 Å². The summed E-state index contributed by atoms with van der Waals surface area (Å²) in [7, 11) is 0. The van der Waals surface area contributed by atoms with Crippen molar-refractivity contribution in [3.8, 4) is 0 Å². The molecule has 2 aromatic rings. The molecule has 6 nitrogen and oxygen atoms in total. The van der Waals surface area contributed by atoms with E-state index in [0.717, 1.165) is 36.4 Å². The molecule has 1 aliphatic rings. The van der Waals surface area contributed by atoms with Gasteiger partial charge in [0, 0.05) is 19.0 Å². The molecule has 0 radical (unpaired) electrons. The zero-order chi connectivity index (χ0) is 14.5. The first-order valence-corrected chi connectivity index (χ1v) is 7.17. The molecular formula is C14H22N6. The minimum atomic E-state index is 0.243. The number of nitrogen functional groups attached to an aromatic ring is 1. The van der Waals surface area contributed by atoms with Crippen LogP contribution in [0.4, 0.5) is 11.8 Å². The third-order valence-corrected chi connectivity index (χ3v) is 4.30. The smallest absolute Gasteiger partial charge is 0.224 e. The Kier molecular flexibility index (Phi) is 2.84. The van der Waals surface area contributed by atoms with Crippen molar-refractivity contribution in [3.05, 3.63) is 5.69 Å². The summed E-state index contributed by atoms with van der Waals surface area (Å²) < 4.78 is 0. The quantitative estimate of drug-likeness (QED) is 0.897. The summed E-state index contributed by atoms with van der Waals surface area (Å²) in [4.78, 5) is 11.0. The first kappa shape index (κ1) is 13.1. The van der Waals surface area contributed by atoms with Crippen molar-refractivity contribution in [3.63, 3.8) is 0 Å². The normalized spacial score (nSPS) is 18.8. The number of anilines is 2.